The summed E-state index contributed by atoms with van der Waals surface area (Å²) in [4.78, 5) is 4.24. The predicted octanol–water partition coefficient (Wildman–Crippen LogP) is 2.10. The number of rotatable bonds is 4. The lowest BCUT2D eigenvalue weighted by Gasteiger charge is -2.30. The summed E-state index contributed by atoms with van der Waals surface area (Å²) in [6.07, 6.45) is 2.00. The minimum absolute atomic E-state index is 1.04. The molecule has 1 aliphatic heterocycles. The molecule has 1 aromatic carbocycles. The maximum atomic E-state index is 4.63. The molecule has 1 aromatic heterocycles. The molecule has 116 valence electrons. The van der Waals surface area contributed by atoms with E-state index in [1.165, 1.54) is 20.9 Å². The number of benzene rings is 1. The first-order valence-electron chi connectivity index (χ1n) is 7.93. The van der Waals surface area contributed by atoms with Crippen molar-refractivity contribution < 1.29 is 4.90 Å². The van der Waals surface area contributed by atoms with Gasteiger partial charge in [-0.2, -0.15) is 5.10 Å². The zero-order valence-corrected chi connectivity index (χ0v) is 14.2. The Hall–Kier alpha value is -1.65. The monoisotopic (exact) mass is 314 g/mol. The third-order valence-corrected chi connectivity index (χ3v) is 5.07. The van der Waals surface area contributed by atoms with Gasteiger partial charge in [0.25, 0.3) is 0 Å². The Morgan fingerprint density at radius 2 is 1.82 bits per heavy atom. The van der Waals surface area contributed by atoms with Crippen LogP contribution in [0.25, 0.3) is 0 Å². The summed E-state index contributed by atoms with van der Waals surface area (Å²) in [5.74, 6) is 0. The third kappa shape index (κ3) is 4.18. The second kappa shape index (κ2) is 7.07. The average Bonchev–Trinajstić information content (AvgIpc) is 2.94. The summed E-state index contributed by atoms with van der Waals surface area (Å²) in [6.45, 7) is 9.81. The fourth-order valence-electron chi connectivity index (χ4n) is 2.76. The zero-order chi connectivity index (χ0) is 15.4. The molecule has 1 aliphatic rings. The highest BCUT2D eigenvalue weighted by Gasteiger charge is 2.18. The SMILES string of the molecule is Cc1ccc(C[NH+]2CCN(/N=C\c3ccc(C)s3)CC2)cc1. The first kappa shape index (κ1) is 15.3. The van der Waals surface area contributed by atoms with Gasteiger partial charge in [0.1, 0.15) is 6.54 Å². The van der Waals surface area contributed by atoms with Crippen LogP contribution in [-0.4, -0.2) is 37.4 Å². The van der Waals surface area contributed by atoms with Crippen molar-refractivity contribution in [3.63, 3.8) is 0 Å². The Morgan fingerprint density at radius 3 is 2.45 bits per heavy atom. The van der Waals surface area contributed by atoms with Crippen LogP contribution >= 0.6 is 11.3 Å². The molecule has 3 nitrogen and oxygen atoms in total. The van der Waals surface area contributed by atoms with Gasteiger partial charge in [-0.25, -0.2) is 0 Å². The molecule has 22 heavy (non-hydrogen) atoms. The number of hydrazone groups is 1. The van der Waals surface area contributed by atoms with E-state index in [0.717, 1.165) is 32.7 Å². The van der Waals surface area contributed by atoms with Crippen molar-refractivity contribution in [1.29, 1.82) is 0 Å². The van der Waals surface area contributed by atoms with Gasteiger partial charge in [-0.1, -0.05) is 29.8 Å². The molecule has 4 heteroatoms. The largest absolute Gasteiger partial charge is 0.328 e. The number of nitrogens with one attached hydrogen (secondary N) is 1. The number of nitrogens with zero attached hydrogens (tertiary/aromatic N) is 2. The van der Waals surface area contributed by atoms with Gasteiger partial charge in [0.2, 0.25) is 0 Å². The van der Waals surface area contributed by atoms with Crippen LogP contribution in [-0.2, 0) is 6.54 Å². The molecule has 3 rings (SSSR count). The molecule has 0 radical (unpaired) electrons. The van der Waals surface area contributed by atoms with Crippen LogP contribution < -0.4 is 4.90 Å². The maximum Gasteiger partial charge on any atom is 0.103 e. The zero-order valence-electron chi connectivity index (χ0n) is 13.4. The predicted molar refractivity (Wildman–Crippen MR) is 93.8 cm³/mol. The lowest BCUT2D eigenvalue weighted by atomic mass is 10.1. The van der Waals surface area contributed by atoms with E-state index in [2.05, 4.69) is 60.4 Å². The quantitative estimate of drug-likeness (QED) is 0.857. The summed E-state index contributed by atoms with van der Waals surface area (Å²) in [6, 6.07) is 13.2. The van der Waals surface area contributed by atoms with Crippen LogP contribution in [0.2, 0.25) is 0 Å². The first-order chi connectivity index (χ1) is 10.7. The van der Waals surface area contributed by atoms with Crippen LogP contribution in [0.15, 0.2) is 41.5 Å². The van der Waals surface area contributed by atoms with Gasteiger partial charge in [-0.3, -0.25) is 5.01 Å². The van der Waals surface area contributed by atoms with Crippen molar-refractivity contribution in [2.45, 2.75) is 20.4 Å². The maximum absolute atomic E-state index is 4.63. The number of piperazine rings is 1. The number of quaternary nitrogens is 1. The summed E-state index contributed by atoms with van der Waals surface area (Å²) < 4.78 is 0. The highest BCUT2D eigenvalue weighted by atomic mass is 32.1. The summed E-state index contributed by atoms with van der Waals surface area (Å²) in [5.41, 5.74) is 2.77. The van der Waals surface area contributed by atoms with E-state index in [1.807, 2.05) is 6.21 Å². The van der Waals surface area contributed by atoms with Crippen LogP contribution in [0.5, 0.6) is 0 Å². The van der Waals surface area contributed by atoms with E-state index in [0.29, 0.717) is 0 Å². The van der Waals surface area contributed by atoms with Gasteiger partial charge in [-0.15, -0.1) is 11.3 Å². The molecule has 2 heterocycles. The Morgan fingerprint density at radius 1 is 1.09 bits per heavy atom. The Labute approximate surface area is 136 Å². The lowest BCUT2D eigenvalue weighted by molar-refractivity contribution is -0.918. The molecule has 0 spiro atoms. The van der Waals surface area contributed by atoms with Gasteiger partial charge < -0.3 is 4.90 Å². The van der Waals surface area contributed by atoms with E-state index in [1.54, 1.807) is 16.2 Å². The molecule has 0 saturated carbocycles. The standard InChI is InChI=1S/C18H23N3S/c1-15-3-6-17(7-4-15)14-20-9-11-21(12-10-20)19-13-18-8-5-16(2)22-18/h3-8,13H,9-12,14H2,1-2H3/p+1/b19-13-. The summed E-state index contributed by atoms with van der Waals surface area (Å²) in [5, 5.41) is 6.83. The van der Waals surface area contributed by atoms with Crippen molar-refractivity contribution in [2.75, 3.05) is 26.2 Å². The molecule has 2 aromatic rings. The minimum Gasteiger partial charge on any atom is -0.328 e. The summed E-state index contributed by atoms with van der Waals surface area (Å²) in [7, 11) is 0. The molecule has 0 atom stereocenters. The second-order valence-electron chi connectivity index (χ2n) is 6.06. The van der Waals surface area contributed by atoms with Crippen LogP contribution in [0.4, 0.5) is 0 Å². The van der Waals surface area contributed by atoms with Crippen molar-refractivity contribution in [2.24, 2.45) is 5.10 Å². The highest BCUT2D eigenvalue weighted by molar-refractivity contribution is 7.13. The molecule has 0 aliphatic carbocycles. The molecule has 0 bridgehead atoms. The van der Waals surface area contributed by atoms with Crippen LogP contribution in [0.3, 0.4) is 0 Å². The van der Waals surface area contributed by atoms with E-state index in [-0.39, 0.29) is 0 Å². The number of hydrogen-bond acceptors (Lipinski definition) is 3. The number of hydrogen-bond donors (Lipinski definition) is 1. The van der Waals surface area contributed by atoms with Crippen molar-refractivity contribution in [1.82, 2.24) is 5.01 Å². The lowest BCUT2D eigenvalue weighted by Crippen LogP contribution is -3.13. The molecule has 1 saturated heterocycles. The van der Waals surface area contributed by atoms with Crippen molar-refractivity contribution >= 4 is 17.6 Å². The van der Waals surface area contributed by atoms with E-state index in [4.69, 9.17) is 0 Å². The van der Waals surface area contributed by atoms with Crippen LogP contribution in [0.1, 0.15) is 20.9 Å². The Balaban J connectivity index is 1.48. The molecule has 1 fully saturated rings. The fourth-order valence-corrected chi connectivity index (χ4v) is 3.50. The molecular weight excluding hydrogens is 290 g/mol. The van der Waals surface area contributed by atoms with Gasteiger partial charge in [0.15, 0.2) is 0 Å². The van der Waals surface area contributed by atoms with Crippen molar-refractivity contribution in [3.05, 3.63) is 57.3 Å². The van der Waals surface area contributed by atoms with Gasteiger partial charge in [-0.05, 0) is 26.0 Å². The van der Waals surface area contributed by atoms with Crippen molar-refractivity contribution in [3.8, 4) is 0 Å². The Kier molecular flexibility index (Phi) is 4.90. The third-order valence-electron chi connectivity index (χ3n) is 4.13. The van der Waals surface area contributed by atoms with E-state index < -0.39 is 0 Å². The normalized spacial score (nSPS) is 16.5. The second-order valence-corrected chi connectivity index (χ2v) is 7.38. The summed E-state index contributed by atoms with van der Waals surface area (Å²) >= 11 is 1.80. The fraction of sp³-hybridized carbons (Fsp3) is 0.389. The topological polar surface area (TPSA) is 20.0 Å². The smallest absolute Gasteiger partial charge is 0.103 e. The van der Waals surface area contributed by atoms with Gasteiger partial charge >= 0.3 is 0 Å². The average molecular weight is 314 g/mol. The van der Waals surface area contributed by atoms with Gasteiger partial charge in [0.05, 0.1) is 32.4 Å². The molecule has 1 N–H and O–H groups in total. The Bertz CT molecular complexity index is 622. The van der Waals surface area contributed by atoms with Gasteiger partial charge in [0, 0.05) is 15.3 Å². The van der Waals surface area contributed by atoms with E-state index in [9.17, 15) is 0 Å². The minimum atomic E-state index is 1.04. The molecule has 0 unspecified atom stereocenters. The highest BCUT2D eigenvalue weighted by Crippen LogP contribution is 2.12. The van der Waals surface area contributed by atoms with Crippen LogP contribution in [0, 0.1) is 13.8 Å². The molecular formula is C18H24N3S+. The number of thiophene rings is 1. The number of aryl methyl sites for hydroxylation is 2. The first-order valence-corrected chi connectivity index (χ1v) is 8.75. The molecule has 0 amide bonds. The van der Waals surface area contributed by atoms with E-state index >= 15 is 0 Å².